The lowest BCUT2D eigenvalue weighted by Gasteiger charge is -2.16. The van der Waals surface area contributed by atoms with Crippen molar-refractivity contribution in [3.63, 3.8) is 0 Å². The number of nitrogens with one attached hydrogen (secondary N) is 1. The SMILES string of the molecule is Cc1[nH]c2ccc(-c3nnc(SCC(=O)N4CCc5ccccc54)o3)cc2c1C. The predicted octanol–water partition coefficient (Wildman–Crippen LogP) is 4.52. The van der Waals surface area contributed by atoms with Crippen molar-refractivity contribution in [3.8, 4) is 11.5 Å². The fraction of sp³-hybridized carbons (Fsp3) is 0.227. The number of rotatable bonds is 4. The first-order chi connectivity index (χ1) is 14.1. The summed E-state index contributed by atoms with van der Waals surface area (Å²) in [6, 6.07) is 14.1. The zero-order valence-electron chi connectivity index (χ0n) is 16.2. The molecule has 0 atom stereocenters. The highest BCUT2D eigenvalue weighted by Crippen LogP contribution is 2.31. The van der Waals surface area contributed by atoms with Gasteiger partial charge in [-0.15, -0.1) is 10.2 Å². The molecule has 0 aliphatic carbocycles. The van der Waals surface area contributed by atoms with Gasteiger partial charge in [0.2, 0.25) is 11.8 Å². The maximum Gasteiger partial charge on any atom is 0.277 e. The van der Waals surface area contributed by atoms with Crippen LogP contribution in [0.2, 0.25) is 0 Å². The second kappa shape index (κ2) is 7.08. The van der Waals surface area contributed by atoms with Crippen LogP contribution in [0.15, 0.2) is 52.1 Å². The van der Waals surface area contributed by atoms with Crippen LogP contribution in [0.4, 0.5) is 5.69 Å². The topological polar surface area (TPSA) is 75.0 Å². The number of H-pyrrole nitrogens is 1. The van der Waals surface area contributed by atoms with Gasteiger partial charge in [0.15, 0.2) is 0 Å². The molecule has 3 heterocycles. The molecule has 0 spiro atoms. The van der Waals surface area contributed by atoms with Crippen LogP contribution in [0.3, 0.4) is 0 Å². The maximum absolute atomic E-state index is 12.7. The molecule has 7 heteroatoms. The molecule has 5 rings (SSSR count). The quantitative estimate of drug-likeness (QED) is 0.506. The van der Waals surface area contributed by atoms with E-state index in [9.17, 15) is 4.79 Å². The van der Waals surface area contributed by atoms with Crippen LogP contribution < -0.4 is 4.90 Å². The van der Waals surface area contributed by atoms with Crippen molar-refractivity contribution in [1.29, 1.82) is 0 Å². The van der Waals surface area contributed by atoms with Crippen molar-refractivity contribution in [2.75, 3.05) is 17.2 Å². The van der Waals surface area contributed by atoms with Crippen molar-refractivity contribution in [2.45, 2.75) is 25.5 Å². The van der Waals surface area contributed by atoms with Gasteiger partial charge in [-0.25, -0.2) is 0 Å². The molecule has 2 aromatic carbocycles. The summed E-state index contributed by atoms with van der Waals surface area (Å²) in [6.07, 6.45) is 0.901. The normalized spacial score (nSPS) is 13.2. The van der Waals surface area contributed by atoms with Crippen molar-refractivity contribution in [2.24, 2.45) is 0 Å². The van der Waals surface area contributed by atoms with E-state index in [1.54, 1.807) is 0 Å². The predicted molar refractivity (Wildman–Crippen MR) is 114 cm³/mol. The lowest BCUT2D eigenvalue weighted by atomic mass is 10.1. The van der Waals surface area contributed by atoms with E-state index in [1.807, 2.05) is 35.2 Å². The van der Waals surface area contributed by atoms with Gasteiger partial charge in [-0.3, -0.25) is 4.79 Å². The van der Waals surface area contributed by atoms with Crippen LogP contribution >= 0.6 is 11.8 Å². The molecule has 146 valence electrons. The summed E-state index contributed by atoms with van der Waals surface area (Å²) in [7, 11) is 0. The molecule has 0 saturated carbocycles. The third-order valence-electron chi connectivity index (χ3n) is 5.47. The molecule has 1 aliphatic heterocycles. The van der Waals surface area contributed by atoms with Crippen LogP contribution in [-0.2, 0) is 11.2 Å². The number of hydrogen-bond acceptors (Lipinski definition) is 5. The highest BCUT2D eigenvalue weighted by molar-refractivity contribution is 7.99. The number of carbonyl (C=O) groups excluding carboxylic acids is 1. The second-order valence-electron chi connectivity index (χ2n) is 7.22. The number of hydrogen-bond donors (Lipinski definition) is 1. The average molecular weight is 404 g/mol. The van der Waals surface area contributed by atoms with E-state index in [4.69, 9.17) is 4.42 Å². The van der Waals surface area contributed by atoms with E-state index in [0.29, 0.717) is 11.1 Å². The summed E-state index contributed by atoms with van der Waals surface area (Å²) in [6.45, 7) is 4.88. The van der Waals surface area contributed by atoms with Gasteiger partial charge in [-0.05, 0) is 55.7 Å². The Morgan fingerprint density at radius 2 is 2.07 bits per heavy atom. The molecule has 0 saturated heterocycles. The second-order valence-corrected chi connectivity index (χ2v) is 8.15. The minimum atomic E-state index is 0.0551. The Hall–Kier alpha value is -3.06. The fourth-order valence-corrected chi connectivity index (χ4v) is 4.42. The molecule has 0 fully saturated rings. The molecule has 1 aliphatic rings. The van der Waals surface area contributed by atoms with Gasteiger partial charge in [0.1, 0.15) is 0 Å². The summed E-state index contributed by atoms with van der Waals surface area (Å²) in [4.78, 5) is 17.9. The largest absolute Gasteiger partial charge is 0.411 e. The molecule has 6 nitrogen and oxygen atoms in total. The standard InChI is InChI=1S/C22H20N4O2S/c1-13-14(2)23-18-8-7-16(11-17(13)18)21-24-25-22(28-21)29-12-20(27)26-10-9-15-5-3-4-6-19(15)26/h3-8,11,23H,9-10,12H2,1-2H3. The number of nitrogens with zero attached hydrogens (tertiary/aromatic N) is 3. The third-order valence-corrected chi connectivity index (χ3v) is 6.27. The molecule has 0 bridgehead atoms. The van der Waals surface area contributed by atoms with Crippen molar-refractivity contribution < 1.29 is 9.21 Å². The highest BCUT2D eigenvalue weighted by atomic mass is 32.2. The molecular formula is C22H20N4O2S. The zero-order chi connectivity index (χ0) is 20.0. The molecule has 1 amide bonds. The Labute approximate surface area is 172 Å². The number of aryl methyl sites for hydroxylation is 2. The molecule has 0 unspecified atom stereocenters. The number of carbonyl (C=O) groups is 1. The van der Waals surface area contributed by atoms with E-state index in [2.05, 4.69) is 41.2 Å². The number of benzene rings is 2. The Bertz CT molecular complexity index is 1230. The first kappa shape index (κ1) is 18.0. The summed E-state index contributed by atoms with van der Waals surface area (Å²) >= 11 is 1.28. The van der Waals surface area contributed by atoms with Gasteiger partial charge in [0.25, 0.3) is 5.22 Å². The molecular weight excluding hydrogens is 384 g/mol. The molecule has 29 heavy (non-hydrogen) atoms. The lowest BCUT2D eigenvalue weighted by molar-refractivity contribution is -0.116. The van der Waals surface area contributed by atoms with Gasteiger partial charge in [0.05, 0.1) is 5.75 Å². The monoisotopic (exact) mass is 404 g/mol. The van der Waals surface area contributed by atoms with E-state index in [0.717, 1.165) is 40.8 Å². The maximum atomic E-state index is 12.7. The number of aromatic nitrogens is 3. The zero-order valence-corrected chi connectivity index (χ0v) is 17.0. The van der Waals surface area contributed by atoms with E-state index < -0.39 is 0 Å². The number of thioether (sulfide) groups is 1. The van der Waals surface area contributed by atoms with Crippen molar-refractivity contribution in [1.82, 2.24) is 15.2 Å². The minimum absolute atomic E-state index is 0.0551. The summed E-state index contributed by atoms with van der Waals surface area (Å²) in [5, 5.41) is 9.83. The summed E-state index contributed by atoms with van der Waals surface area (Å²) < 4.78 is 5.81. The number of aromatic amines is 1. The van der Waals surface area contributed by atoms with Gasteiger partial charge in [0, 0.05) is 34.4 Å². The fourth-order valence-electron chi connectivity index (χ4n) is 3.78. The van der Waals surface area contributed by atoms with Gasteiger partial charge < -0.3 is 14.3 Å². The Morgan fingerprint density at radius 1 is 1.21 bits per heavy atom. The van der Waals surface area contributed by atoms with Crippen LogP contribution in [0, 0.1) is 13.8 Å². The van der Waals surface area contributed by atoms with Gasteiger partial charge in [-0.1, -0.05) is 30.0 Å². The first-order valence-electron chi connectivity index (χ1n) is 9.54. The Balaban J connectivity index is 1.30. The summed E-state index contributed by atoms with van der Waals surface area (Å²) in [5.41, 5.74) is 6.56. The van der Waals surface area contributed by atoms with Crippen LogP contribution in [-0.4, -0.2) is 33.4 Å². The van der Waals surface area contributed by atoms with Crippen LogP contribution in [0.5, 0.6) is 0 Å². The molecule has 1 N–H and O–H groups in total. The lowest BCUT2D eigenvalue weighted by Crippen LogP contribution is -2.30. The number of fused-ring (bicyclic) bond motifs is 2. The van der Waals surface area contributed by atoms with E-state index in [-0.39, 0.29) is 11.7 Å². The van der Waals surface area contributed by atoms with Gasteiger partial charge >= 0.3 is 0 Å². The molecule has 4 aromatic rings. The number of amides is 1. The van der Waals surface area contributed by atoms with Crippen molar-refractivity contribution >= 4 is 34.3 Å². The van der Waals surface area contributed by atoms with Crippen LogP contribution in [0.1, 0.15) is 16.8 Å². The molecule has 0 radical (unpaired) electrons. The average Bonchev–Trinajstić information content (AvgIpc) is 3.44. The number of anilines is 1. The Morgan fingerprint density at radius 3 is 2.97 bits per heavy atom. The van der Waals surface area contributed by atoms with E-state index >= 15 is 0 Å². The van der Waals surface area contributed by atoms with Gasteiger partial charge in [-0.2, -0.15) is 0 Å². The van der Waals surface area contributed by atoms with Crippen LogP contribution in [0.25, 0.3) is 22.4 Å². The Kier molecular flexibility index (Phi) is 4.39. The minimum Gasteiger partial charge on any atom is -0.411 e. The number of para-hydroxylation sites is 1. The highest BCUT2D eigenvalue weighted by Gasteiger charge is 2.24. The summed E-state index contributed by atoms with van der Waals surface area (Å²) in [5.74, 6) is 0.789. The van der Waals surface area contributed by atoms with E-state index in [1.165, 1.54) is 22.9 Å². The first-order valence-corrected chi connectivity index (χ1v) is 10.5. The smallest absolute Gasteiger partial charge is 0.277 e. The van der Waals surface area contributed by atoms with Crippen molar-refractivity contribution in [3.05, 3.63) is 59.3 Å². The third kappa shape index (κ3) is 3.21. The molecule has 2 aromatic heterocycles.